The van der Waals surface area contributed by atoms with Crippen LogP contribution in [0.1, 0.15) is 32.5 Å². The fourth-order valence-corrected chi connectivity index (χ4v) is 3.36. The zero-order chi connectivity index (χ0) is 20.6. The fourth-order valence-electron chi connectivity index (χ4n) is 2.36. The van der Waals surface area contributed by atoms with E-state index in [1.54, 1.807) is 48.5 Å². The van der Waals surface area contributed by atoms with Crippen LogP contribution in [-0.2, 0) is 0 Å². The molecule has 8 heteroatoms. The van der Waals surface area contributed by atoms with Crippen LogP contribution in [0.5, 0.6) is 11.5 Å². The minimum Gasteiger partial charge on any atom is -0.490 e. The smallest absolute Gasteiger partial charge is 0.353 e. The number of halogens is 1. The Morgan fingerprint density at radius 2 is 2.00 bits per heavy atom. The lowest BCUT2D eigenvalue weighted by Gasteiger charge is -2.10. The molecule has 2 aromatic carbocycles. The number of hydrogen-bond donors (Lipinski definition) is 1. The molecular weight excluding hydrogens is 456 g/mol. The van der Waals surface area contributed by atoms with Crippen molar-refractivity contribution in [3.05, 3.63) is 80.5 Å². The third-order valence-corrected chi connectivity index (χ3v) is 5.00. The van der Waals surface area contributed by atoms with Crippen molar-refractivity contribution in [2.24, 2.45) is 5.10 Å². The second-order valence-electron chi connectivity index (χ2n) is 5.72. The Balaban J connectivity index is 1.69. The van der Waals surface area contributed by atoms with Crippen LogP contribution in [0.25, 0.3) is 0 Å². The van der Waals surface area contributed by atoms with Gasteiger partial charge in [0.25, 0.3) is 5.91 Å². The van der Waals surface area contributed by atoms with Crippen LogP contribution < -0.4 is 14.9 Å². The summed E-state index contributed by atoms with van der Waals surface area (Å²) in [6, 6.07) is 15.5. The molecule has 0 aliphatic heterocycles. The molecule has 0 atom stereocenters. The SMILES string of the molecule is CCOc1cc(C=NNC(=O)c2cccc(Br)c2)ccc1OC(=O)c1cccs1. The highest BCUT2D eigenvalue weighted by Gasteiger charge is 2.14. The predicted molar refractivity (Wildman–Crippen MR) is 116 cm³/mol. The molecule has 6 nitrogen and oxygen atoms in total. The number of hydrogen-bond acceptors (Lipinski definition) is 6. The molecule has 0 fully saturated rings. The fraction of sp³-hybridized carbons (Fsp3) is 0.0952. The van der Waals surface area contributed by atoms with Crippen molar-refractivity contribution in [1.29, 1.82) is 0 Å². The number of amides is 1. The van der Waals surface area contributed by atoms with E-state index in [1.165, 1.54) is 17.6 Å². The number of thiophene rings is 1. The van der Waals surface area contributed by atoms with Crippen LogP contribution in [0.2, 0.25) is 0 Å². The number of ether oxygens (including phenoxy) is 2. The van der Waals surface area contributed by atoms with E-state index in [9.17, 15) is 9.59 Å². The molecule has 0 bridgehead atoms. The normalized spacial score (nSPS) is 10.7. The Labute approximate surface area is 180 Å². The molecule has 3 rings (SSSR count). The van der Waals surface area contributed by atoms with E-state index in [2.05, 4.69) is 26.5 Å². The maximum absolute atomic E-state index is 12.2. The maximum atomic E-state index is 12.2. The molecule has 0 radical (unpaired) electrons. The van der Waals surface area contributed by atoms with Gasteiger partial charge in [0.05, 0.1) is 12.8 Å². The standard InChI is InChI=1S/C21H17BrN2O4S/c1-2-27-18-11-14(8-9-17(18)28-21(26)19-7-4-10-29-19)13-23-24-20(25)15-5-3-6-16(22)12-15/h3-13H,2H2,1H3,(H,24,25). The van der Waals surface area contributed by atoms with Crippen molar-refractivity contribution in [2.75, 3.05) is 6.61 Å². The number of nitrogens with zero attached hydrogens (tertiary/aromatic N) is 1. The van der Waals surface area contributed by atoms with Gasteiger partial charge >= 0.3 is 5.97 Å². The minimum atomic E-state index is -0.441. The summed E-state index contributed by atoms with van der Waals surface area (Å²) in [5.74, 6) is -0.0296. The molecule has 148 valence electrons. The topological polar surface area (TPSA) is 77.0 Å². The number of benzene rings is 2. The van der Waals surface area contributed by atoms with Gasteiger partial charge in [-0.15, -0.1) is 11.3 Å². The van der Waals surface area contributed by atoms with Crippen LogP contribution in [0.4, 0.5) is 0 Å². The highest BCUT2D eigenvalue weighted by molar-refractivity contribution is 9.10. The molecule has 0 saturated heterocycles. The van der Waals surface area contributed by atoms with Gasteiger partial charge in [0.1, 0.15) is 4.88 Å². The van der Waals surface area contributed by atoms with Gasteiger partial charge in [-0.1, -0.05) is 28.1 Å². The first-order chi connectivity index (χ1) is 14.1. The van der Waals surface area contributed by atoms with Crippen LogP contribution in [-0.4, -0.2) is 24.7 Å². The van der Waals surface area contributed by atoms with E-state index in [4.69, 9.17) is 9.47 Å². The lowest BCUT2D eigenvalue weighted by Crippen LogP contribution is -2.17. The number of rotatable bonds is 7. The average Bonchev–Trinajstić information content (AvgIpc) is 3.25. The Morgan fingerprint density at radius 3 is 2.72 bits per heavy atom. The molecule has 1 heterocycles. The molecule has 1 N–H and O–H groups in total. The van der Waals surface area contributed by atoms with Gasteiger partial charge in [0.2, 0.25) is 0 Å². The molecule has 0 unspecified atom stereocenters. The van der Waals surface area contributed by atoms with Crippen molar-refractivity contribution in [2.45, 2.75) is 6.92 Å². The molecule has 1 aromatic heterocycles. The molecule has 1 amide bonds. The van der Waals surface area contributed by atoms with E-state index in [1.807, 2.05) is 18.4 Å². The van der Waals surface area contributed by atoms with Gasteiger partial charge in [-0.2, -0.15) is 5.10 Å². The Morgan fingerprint density at radius 1 is 1.14 bits per heavy atom. The first kappa shape index (κ1) is 20.8. The monoisotopic (exact) mass is 472 g/mol. The summed E-state index contributed by atoms with van der Waals surface area (Å²) in [4.78, 5) is 24.8. The molecule has 0 aliphatic rings. The Kier molecular flexibility index (Phi) is 7.15. The highest BCUT2D eigenvalue weighted by Crippen LogP contribution is 2.29. The van der Waals surface area contributed by atoms with Crippen molar-refractivity contribution >= 4 is 45.4 Å². The molecule has 0 saturated carbocycles. The molecule has 0 aliphatic carbocycles. The van der Waals surface area contributed by atoms with E-state index in [0.717, 1.165) is 4.47 Å². The second kappa shape index (κ2) is 9.99. The summed E-state index contributed by atoms with van der Waals surface area (Å²) in [5, 5.41) is 5.79. The van der Waals surface area contributed by atoms with Crippen molar-refractivity contribution in [3.8, 4) is 11.5 Å². The van der Waals surface area contributed by atoms with E-state index in [0.29, 0.717) is 34.1 Å². The Bertz CT molecular complexity index is 1030. The van der Waals surface area contributed by atoms with Gasteiger partial charge in [-0.3, -0.25) is 4.79 Å². The largest absolute Gasteiger partial charge is 0.490 e. The summed E-state index contributed by atoms with van der Waals surface area (Å²) in [5.41, 5.74) is 3.64. The van der Waals surface area contributed by atoms with Gasteiger partial charge in [0, 0.05) is 10.0 Å². The summed E-state index contributed by atoms with van der Waals surface area (Å²) in [6.07, 6.45) is 1.49. The predicted octanol–water partition coefficient (Wildman–Crippen LogP) is 4.89. The Hall–Kier alpha value is -2.97. The maximum Gasteiger partial charge on any atom is 0.353 e. The van der Waals surface area contributed by atoms with Crippen LogP contribution in [0.15, 0.2) is 69.6 Å². The second-order valence-corrected chi connectivity index (χ2v) is 7.58. The number of hydrazone groups is 1. The number of carbonyl (C=O) groups is 2. The zero-order valence-corrected chi connectivity index (χ0v) is 17.8. The lowest BCUT2D eigenvalue weighted by molar-refractivity contribution is 0.0733. The van der Waals surface area contributed by atoms with Crippen molar-refractivity contribution < 1.29 is 19.1 Å². The molecule has 3 aromatic rings. The van der Waals surface area contributed by atoms with Crippen LogP contribution in [0, 0.1) is 0 Å². The van der Waals surface area contributed by atoms with Gasteiger partial charge in [0.15, 0.2) is 11.5 Å². The van der Waals surface area contributed by atoms with Crippen LogP contribution >= 0.6 is 27.3 Å². The summed E-state index contributed by atoms with van der Waals surface area (Å²) >= 11 is 4.63. The van der Waals surface area contributed by atoms with Gasteiger partial charge in [-0.25, -0.2) is 10.2 Å². The summed E-state index contributed by atoms with van der Waals surface area (Å²) < 4.78 is 11.8. The van der Waals surface area contributed by atoms with Crippen molar-refractivity contribution in [3.63, 3.8) is 0 Å². The highest BCUT2D eigenvalue weighted by atomic mass is 79.9. The zero-order valence-electron chi connectivity index (χ0n) is 15.4. The first-order valence-corrected chi connectivity index (χ1v) is 10.4. The summed E-state index contributed by atoms with van der Waals surface area (Å²) in [7, 11) is 0. The number of nitrogens with one attached hydrogen (secondary N) is 1. The van der Waals surface area contributed by atoms with Crippen molar-refractivity contribution in [1.82, 2.24) is 5.43 Å². The summed E-state index contributed by atoms with van der Waals surface area (Å²) in [6.45, 7) is 2.24. The lowest BCUT2D eigenvalue weighted by atomic mass is 10.2. The van der Waals surface area contributed by atoms with Gasteiger partial charge in [-0.05, 0) is 60.3 Å². The quantitative estimate of drug-likeness (QED) is 0.229. The number of carbonyl (C=O) groups excluding carboxylic acids is 2. The molecular formula is C21H17BrN2O4S. The third-order valence-electron chi connectivity index (χ3n) is 3.66. The molecule has 29 heavy (non-hydrogen) atoms. The van der Waals surface area contributed by atoms with Crippen LogP contribution in [0.3, 0.4) is 0 Å². The van der Waals surface area contributed by atoms with E-state index < -0.39 is 5.97 Å². The average molecular weight is 473 g/mol. The molecule has 0 spiro atoms. The van der Waals surface area contributed by atoms with Gasteiger partial charge < -0.3 is 9.47 Å². The van der Waals surface area contributed by atoms with E-state index >= 15 is 0 Å². The van der Waals surface area contributed by atoms with E-state index in [-0.39, 0.29) is 5.91 Å². The minimum absolute atomic E-state index is 0.320. The number of esters is 1. The first-order valence-electron chi connectivity index (χ1n) is 8.68. The third kappa shape index (κ3) is 5.75.